The molecule has 1 heterocycles. The van der Waals surface area contributed by atoms with Gasteiger partial charge >= 0.3 is 0 Å². The summed E-state index contributed by atoms with van der Waals surface area (Å²) in [7, 11) is 0. The van der Waals surface area contributed by atoms with Gasteiger partial charge in [0.2, 0.25) is 0 Å². The van der Waals surface area contributed by atoms with E-state index >= 15 is 0 Å². The van der Waals surface area contributed by atoms with Crippen LogP contribution in [-0.4, -0.2) is 18.6 Å². The van der Waals surface area contributed by atoms with E-state index in [0.717, 1.165) is 19.5 Å². The molecule has 0 aliphatic carbocycles. The van der Waals surface area contributed by atoms with E-state index < -0.39 is 0 Å². The molecule has 0 bridgehead atoms. The van der Waals surface area contributed by atoms with Crippen molar-refractivity contribution in [1.29, 1.82) is 0 Å². The maximum atomic E-state index is 13.4. The highest BCUT2D eigenvalue weighted by Crippen LogP contribution is 2.26. The average Bonchev–Trinajstić information content (AvgIpc) is 2.47. The van der Waals surface area contributed by atoms with Crippen LogP contribution < -0.4 is 10.6 Å². The number of anilines is 1. The van der Waals surface area contributed by atoms with Crippen LogP contribution in [0.3, 0.4) is 0 Å². The van der Waals surface area contributed by atoms with Crippen LogP contribution in [0, 0.1) is 5.82 Å². The van der Waals surface area contributed by atoms with Crippen LogP contribution in [0.2, 0.25) is 0 Å². The summed E-state index contributed by atoms with van der Waals surface area (Å²) in [4.78, 5) is 2.01. The fourth-order valence-corrected chi connectivity index (χ4v) is 1.90. The van der Waals surface area contributed by atoms with E-state index in [4.69, 9.17) is 5.73 Å². The number of benzene rings is 1. The van der Waals surface area contributed by atoms with E-state index in [-0.39, 0.29) is 11.4 Å². The molecule has 1 saturated heterocycles. The molecule has 0 aromatic heterocycles. The molecule has 1 aromatic carbocycles. The molecule has 1 fully saturated rings. The first-order valence-electron chi connectivity index (χ1n) is 4.87. The van der Waals surface area contributed by atoms with Crippen molar-refractivity contribution in [3.8, 4) is 0 Å². The monoisotopic (exact) mass is 194 g/mol. The molecule has 0 spiro atoms. The Balaban J connectivity index is 2.22. The smallest absolute Gasteiger partial charge is 0.146 e. The molecular weight excluding hydrogens is 179 g/mol. The van der Waals surface area contributed by atoms with Crippen molar-refractivity contribution < 1.29 is 4.39 Å². The van der Waals surface area contributed by atoms with Crippen LogP contribution in [0.5, 0.6) is 0 Å². The van der Waals surface area contributed by atoms with Gasteiger partial charge in [-0.15, -0.1) is 0 Å². The maximum Gasteiger partial charge on any atom is 0.146 e. The molecule has 0 radical (unpaired) electrons. The number of nitrogens with two attached hydrogens (primary N) is 1. The van der Waals surface area contributed by atoms with Crippen LogP contribution >= 0.6 is 0 Å². The van der Waals surface area contributed by atoms with Gasteiger partial charge in [0.1, 0.15) is 5.82 Å². The molecule has 76 valence electrons. The van der Waals surface area contributed by atoms with E-state index in [0.29, 0.717) is 5.69 Å². The number of hydrogen-bond donors (Lipinski definition) is 1. The van der Waals surface area contributed by atoms with Gasteiger partial charge in [-0.3, -0.25) is 0 Å². The van der Waals surface area contributed by atoms with Crippen molar-refractivity contribution in [1.82, 2.24) is 0 Å². The predicted molar refractivity (Wildman–Crippen MR) is 55.8 cm³/mol. The third kappa shape index (κ3) is 1.73. The van der Waals surface area contributed by atoms with Gasteiger partial charge in [0.15, 0.2) is 0 Å². The molecule has 0 amide bonds. The molecule has 1 aromatic rings. The number of para-hydroxylation sites is 1. The highest BCUT2D eigenvalue weighted by Gasteiger charge is 2.30. The van der Waals surface area contributed by atoms with E-state index in [1.165, 1.54) is 6.07 Å². The Bertz CT molecular complexity index is 336. The molecular formula is C11H15FN2. The lowest BCUT2D eigenvalue weighted by Crippen LogP contribution is -2.39. The second-order valence-corrected chi connectivity index (χ2v) is 4.28. The van der Waals surface area contributed by atoms with Crippen LogP contribution in [0.1, 0.15) is 13.3 Å². The summed E-state index contributed by atoms with van der Waals surface area (Å²) in [6.07, 6.45) is 0.918. The summed E-state index contributed by atoms with van der Waals surface area (Å²) < 4.78 is 13.4. The normalized spacial score (nSPS) is 26.9. The fourth-order valence-electron chi connectivity index (χ4n) is 1.90. The van der Waals surface area contributed by atoms with Crippen molar-refractivity contribution in [2.45, 2.75) is 18.9 Å². The Kier molecular flexibility index (Phi) is 2.19. The van der Waals surface area contributed by atoms with Crippen molar-refractivity contribution in [2.75, 3.05) is 18.0 Å². The number of halogens is 1. The molecule has 1 atom stereocenters. The molecule has 2 N–H and O–H groups in total. The van der Waals surface area contributed by atoms with Crippen molar-refractivity contribution in [3.05, 3.63) is 30.1 Å². The van der Waals surface area contributed by atoms with Crippen LogP contribution in [0.4, 0.5) is 10.1 Å². The van der Waals surface area contributed by atoms with Gasteiger partial charge < -0.3 is 10.6 Å². The van der Waals surface area contributed by atoms with E-state index in [9.17, 15) is 4.39 Å². The van der Waals surface area contributed by atoms with Crippen LogP contribution in [-0.2, 0) is 0 Å². The Hall–Kier alpha value is -1.09. The maximum absolute atomic E-state index is 13.4. The third-order valence-corrected chi connectivity index (χ3v) is 2.70. The van der Waals surface area contributed by atoms with Crippen LogP contribution in [0.15, 0.2) is 24.3 Å². The quantitative estimate of drug-likeness (QED) is 0.738. The summed E-state index contributed by atoms with van der Waals surface area (Å²) in [5.74, 6) is -0.162. The van der Waals surface area contributed by atoms with Gasteiger partial charge in [0.05, 0.1) is 5.69 Å². The number of rotatable bonds is 1. The average molecular weight is 194 g/mol. The van der Waals surface area contributed by atoms with Crippen molar-refractivity contribution >= 4 is 5.69 Å². The Labute approximate surface area is 83.5 Å². The van der Waals surface area contributed by atoms with Gasteiger partial charge in [-0.05, 0) is 25.5 Å². The van der Waals surface area contributed by atoms with Crippen LogP contribution in [0.25, 0.3) is 0 Å². The third-order valence-electron chi connectivity index (χ3n) is 2.70. The molecule has 1 unspecified atom stereocenters. The van der Waals surface area contributed by atoms with Gasteiger partial charge in [-0.1, -0.05) is 12.1 Å². The highest BCUT2D eigenvalue weighted by molar-refractivity contribution is 5.49. The minimum atomic E-state index is -0.178. The minimum Gasteiger partial charge on any atom is -0.367 e. The van der Waals surface area contributed by atoms with E-state index in [1.54, 1.807) is 12.1 Å². The molecule has 0 saturated carbocycles. The molecule has 1 aliphatic heterocycles. The lowest BCUT2D eigenvalue weighted by Gasteiger charge is -2.21. The zero-order valence-electron chi connectivity index (χ0n) is 8.33. The van der Waals surface area contributed by atoms with Gasteiger partial charge in [-0.2, -0.15) is 0 Å². The minimum absolute atomic E-state index is 0.162. The van der Waals surface area contributed by atoms with Crippen molar-refractivity contribution in [2.24, 2.45) is 5.73 Å². The summed E-state index contributed by atoms with van der Waals surface area (Å²) in [6.45, 7) is 3.58. The van der Waals surface area contributed by atoms with E-state index in [1.807, 2.05) is 17.9 Å². The zero-order valence-corrected chi connectivity index (χ0v) is 8.33. The topological polar surface area (TPSA) is 29.3 Å². The molecule has 2 rings (SSSR count). The number of nitrogens with zero attached hydrogens (tertiary/aromatic N) is 1. The first kappa shape index (κ1) is 9.46. The van der Waals surface area contributed by atoms with Gasteiger partial charge in [-0.25, -0.2) is 4.39 Å². The lowest BCUT2D eigenvalue weighted by atomic mass is 10.0. The Morgan fingerprint density at radius 2 is 2.14 bits per heavy atom. The molecule has 1 aliphatic rings. The zero-order chi connectivity index (χ0) is 10.2. The lowest BCUT2D eigenvalue weighted by molar-refractivity contribution is 0.524. The summed E-state index contributed by atoms with van der Waals surface area (Å²) >= 11 is 0. The molecule has 2 nitrogen and oxygen atoms in total. The first-order chi connectivity index (χ1) is 6.58. The predicted octanol–water partition coefficient (Wildman–Crippen LogP) is 1.75. The van der Waals surface area contributed by atoms with Crippen molar-refractivity contribution in [3.63, 3.8) is 0 Å². The second kappa shape index (κ2) is 3.24. The summed E-state index contributed by atoms with van der Waals surface area (Å²) in [6, 6.07) is 6.85. The fraction of sp³-hybridized carbons (Fsp3) is 0.455. The van der Waals surface area contributed by atoms with Gasteiger partial charge in [0, 0.05) is 18.6 Å². The summed E-state index contributed by atoms with van der Waals surface area (Å²) in [5, 5.41) is 0. The SMILES string of the molecule is CC1(N)CCN(c2ccccc2F)C1. The standard InChI is InChI=1S/C11H15FN2/c1-11(13)6-7-14(8-11)10-5-3-2-4-9(10)12/h2-5H,6-8,13H2,1H3. The second-order valence-electron chi connectivity index (χ2n) is 4.28. The largest absolute Gasteiger partial charge is 0.367 e. The highest BCUT2D eigenvalue weighted by atomic mass is 19.1. The molecule has 3 heteroatoms. The van der Waals surface area contributed by atoms with Gasteiger partial charge in [0.25, 0.3) is 0 Å². The first-order valence-corrected chi connectivity index (χ1v) is 4.87. The summed E-state index contributed by atoms with van der Waals surface area (Å²) in [5.41, 5.74) is 6.48. The number of hydrogen-bond acceptors (Lipinski definition) is 2. The Morgan fingerprint density at radius 3 is 2.71 bits per heavy atom. The Morgan fingerprint density at radius 1 is 1.43 bits per heavy atom. The molecule has 14 heavy (non-hydrogen) atoms. The van der Waals surface area contributed by atoms with E-state index in [2.05, 4.69) is 0 Å².